The minimum Gasteiger partial charge on any atom is -0.486 e. The average Bonchev–Trinajstić information content (AvgIpc) is 3.60. The zero-order valence-corrected chi connectivity index (χ0v) is 16.7. The van der Waals surface area contributed by atoms with Crippen LogP contribution in [0.25, 0.3) is 5.69 Å². The van der Waals surface area contributed by atoms with Gasteiger partial charge in [-0.15, -0.1) is 0 Å². The van der Waals surface area contributed by atoms with Crippen LogP contribution in [0.5, 0.6) is 5.75 Å². The number of amides is 1. The van der Waals surface area contributed by atoms with Crippen molar-refractivity contribution in [2.75, 3.05) is 6.54 Å². The highest BCUT2D eigenvalue weighted by molar-refractivity contribution is 5.92. The molecule has 4 aromatic rings. The van der Waals surface area contributed by atoms with Gasteiger partial charge in [0.15, 0.2) is 11.5 Å². The van der Waals surface area contributed by atoms with Crippen molar-refractivity contribution < 1.29 is 14.1 Å². The molecule has 1 amide bonds. The first-order valence-electron chi connectivity index (χ1n) is 10.0. The lowest BCUT2D eigenvalue weighted by Crippen LogP contribution is -2.31. The van der Waals surface area contributed by atoms with Gasteiger partial charge in [0, 0.05) is 18.8 Å². The lowest BCUT2D eigenvalue weighted by atomic mass is 10.1. The molecule has 1 aliphatic heterocycles. The van der Waals surface area contributed by atoms with E-state index in [1.54, 1.807) is 23.3 Å². The van der Waals surface area contributed by atoms with Crippen LogP contribution in [0.3, 0.4) is 0 Å². The van der Waals surface area contributed by atoms with Crippen LogP contribution in [-0.4, -0.2) is 42.3 Å². The Bertz CT molecular complexity index is 1140. The number of rotatable bonds is 6. The first-order valence-corrected chi connectivity index (χ1v) is 10.0. The van der Waals surface area contributed by atoms with Gasteiger partial charge in [-0.05, 0) is 49.2 Å². The number of nitrogens with zero attached hydrogens (tertiary/aromatic N) is 6. The summed E-state index contributed by atoms with van der Waals surface area (Å²) in [4.78, 5) is 23.1. The van der Waals surface area contributed by atoms with E-state index in [1.165, 1.54) is 6.33 Å². The molecule has 3 aromatic heterocycles. The number of carbonyl (C=O) groups excluding carboxylic acids is 1. The minimum absolute atomic E-state index is 0.0337. The van der Waals surface area contributed by atoms with Crippen LogP contribution in [0.1, 0.15) is 40.8 Å². The average molecular weight is 416 g/mol. The standard InChI is InChI=1S/C22H20N6O3/c29-22(27-11-3-5-21(27)19-4-1-2-10-24-19)20-12-18(31-26-20)13-30-17-8-6-16(7-9-17)28-15-23-14-25-28/h1-2,4,6-10,12,14-15,21H,3,5,11,13H2/t21-/m1/s1. The summed E-state index contributed by atoms with van der Waals surface area (Å²) in [5, 5.41) is 8.05. The monoisotopic (exact) mass is 416 g/mol. The second kappa shape index (κ2) is 8.39. The molecule has 1 fully saturated rings. The van der Waals surface area contributed by atoms with Crippen LogP contribution in [0.4, 0.5) is 0 Å². The fraction of sp³-hybridized carbons (Fsp3) is 0.227. The topological polar surface area (TPSA) is 99.2 Å². The number of pyridine rings is 1. The van der Waals surface area contributed by atoms with Gasteiger partial charge >= 0.3 is 0 Å². The van der Waals surface area contributed by atoms with Crippen molar-refractivity contribution in [2.24, 2.45) is 0 Å². The van der Waals surface area contributed by atoms with Crippen LogP contribution in [0, 0.1) is 0 Å². The molecule has 0 unspecified atom stereocenters. The summed E-state index contributed by atoms with van der Waals surface area (Å²) in [7, 11) is 0. The molecule has 0 N–H and O–H groups in total. The maximum absolute atomic E-state index is 13.0. The van der Waals surface area contributed by atoms with Gasteiger partial charge in [-0.3, -0.25) is 9.78 Å². The Hall–Kier alpha value is -4.01. The van der Waals surface area contributed by atoms with Gasteiger partial charge < -0.3 is 14.2 Å². The summed E-state index contributed by atoms with van der Waals surface area (Å²) in [5.41, 5.74) is 2.06. The summed E-state index contributed by atoms with van der Waals surface area (Å²) in [6.45, 7) is 0.851. The fourth-order valence-electron chi connectivity index (χ4n) is 3.71. The number of likely N-dealkylation sites (tertiary alicyclic amines) is 1. The predicted octanol–water partition coefficient (Wildman–Crippen LogP) is 3.21. The second-order valence-corrected chi connectivity index (χ2v) is 7.21. The van der Waals surface area contributed by atoms with Gasteiger partial charge in [-0.2, -0.15) is 5.10 Å². The zero-order chi connectivity index (χ0) is 21.0. The number of aromatic nitrogens is 5. The lowest BCUT2D eigenvalue weighted by Gasteiger charge is -2.23. The van der Waals surface area contributed by atoms with Gasteiger partial charge in [0.25, 0.3) is 5.91 Å². The fourth-order valence-corrected chi connectivity index (χ4v) is 3.71. The number of benzene rings is 1. The van der Waals surface area contributed by atoms with Crippen molar-refractivity contribution in [3.8, 4) is 11.4 Å². The minimum atomic E-state index is -0.152. The lowest BCUT2D eigenvalue weighted by molar-refractivity contribution is 0.0722. The molecule has 4 heterocycles. The molecule has 5 rings (SSSR count). The van der Waals surface area contributed by atoms with Crippen LogP contribution in [0.15, 0.2) is 71.9 Å². The van der Waals surface area contributed by atoms with E-state index in [1.807, 2.05) is 47.4 Å². The Kier molecular flexibility index (Phi) is 5.14. The van der Waals surface area contributed by atoms with Gasteiger partial charge in [0.05, 0.1) is 17.4 Å². The van der Waals surface area contributed by atoms with Gasteiger partial charge in [-0.25, -0.2) is 9.67 Å². The van der Waals surface area contributed by atoms with Crippen LogP contribution in [-0.2, 0) is 6.61 Å². The Morgan fingerprint density at radius 1 is 1.19 bits per heavy atom. The van der Waals surface area contributed by atoms with Crippen LogP contribution < -0.4 is 4.74 Å². The Morgan fingerprint density at radius 2 is 2.10 bits per heavy atom. The van der Waals surface area contributed by atoms with E-state index < -0.39 is 0 Å². The molecule has 156 valence electrons. The van der Waals surface area contributed by atoms with E-state index in [-0.39, 0.29) is 24.2 Å². The molecule has 0 spiro atoms. The van der Waals surface area contributed by atoms with E-state index >= 15 is 0 Å². The summed E-state index contributed by atoms with van der Waals surface area (Å²) >= 11 is 0. The number of hydrogen-bond donors (Lipinski definition) is 0. The highest BCUT2D eigenvalue weighted by atomic mass is 16.5. The van der Waals surface area contributed by atoms with E-state index in [2.05, 4.69) is 20.2 Å². The Labute approximate surface area is 178 Å². The normalized spacial score (nSPS) is 15.9. The Balaban J connectivity index is 1.22. The molecule has 31 heavy (non-hydrogen) atoms. The first-order chi connectivity index (χ1) is 15.3. The van der Waals surface area contributed by atoms with Gasteiger partial charge in [-0.1, -0.05) is 11.2 Å². The molecule has 0 bridgehead atoms. The highest BCUT2D eigenvalue weighted by Crippen LogP contribution is 2.31. The maximum atomic E-state index is 13.0. The van der Waals surface area contributed by atoms with E-state index in [9.17, 15) is 4.79 Å². The molecule has 0 aliphatic carbocycles. The molecule has 0 saturated carbocycles. The number of ether oxygens (including phenoxy) is 1. The molecule has 9 heteroatoms. The molecule has 1 saturated heterocycles. The van der Waals surface area contributed by atoms with Crippen molar-refractivity contribution in [1.29, 1.82) is 0 Å². The molecule has 1 atom stereocenters. The third-order valence-corrected chi connectivity index (χ3v) is 5.22. The van der Waals surface area contributed by atoms with E-state index in [4.69, 9.17) is 9.26 Å². The van der Waals surface area contributed by atoms with E-state index in [0.29, 0.717) is 18.1 Å². The van der Waals surface area contributed by atoms with Crippen LogP contribution >= 0.6 is 0 Å². The molecule has 1 aromatic carbocycles. The highest BCUT2D eigenvalue weighted by Gasteiger charge is 2.32. The van der Waals surface area contributed by atoms with Crippen molar-refractivity contribution in [3.63, 3.8) is 0 Å². The maximum Gasteiger partial charge on any atom is 0.276 e. The molecular weight excluding hydrogens is 396 g/mol. The van der Waals surface area contributed by atoms with Crippen molar-refractivity contribution >= 4 is 5.91 Å². The largest absolute Gasteiger partial charge is 0.486 e. The second-order valence-electron chi connectivity index (χ2n) is 7.21. The molecular formula is C22H20N6O3. The quantitative estimate of drug-likeness (QED) is 0.476. The van der Waals surface area contributed by atoms with Crippen molar-refractivity contribution in [3.05, 3.63) is 84.5 Å². The SMILES string of the molecule is O=C(c1cc(COc2ccc(-n3cncn3)cc2)on1)N1CCC[C@@H]1c1ccccn1. The van der Waals surface area contributed by atoms with E-state index in [0.717, 1.165) is 24.2 Å². The van der Waals surface area contributed by atoms with Crippen LogP contribution in [0.2, 0.25) is 0 Å². The summed E-state index contributed by atoms with van der Waals surface area (Å²) in [5.74, 6) is 1.00. The van der Waals surface area contributed by atoms with Gasteiger partial charge in [0.1, 0.15) is 25.0 Å². The Morgan fingerprint density at radius 3 is 2.87 bits per heavy atom. The number of carbonyl (C=O) groups is 1. The summed E-state index contributed by atoms with van der Waals surface area (Å²) < 4.78 is 12.8. The molecule has 1 aliphatic rings. The molecule has 9 nitrogen and oxygen atoms in total. The third kappa shape index (κ3) is 4.02. The smallest absolute Gasteiger partial charge is 0.276 e. The molecule has 0 radical (unpaired) electrons. The first kappa shape index (κ1) is 19.0. The van der Waals surface area contributed by atoms with Crippen molar-refractivity contribution in [2.45, 2.75) is 25.5 Å². The predicted molar refractivity (Wildman–Crippen MR) is 109 cm³/mol. The zero-order valence-electron chi connectivity index (χ0n) is 16.7. The third-order valence-electron chi connectivity index (χ3n) is 5.22. The summed E-state index contributed by atoms with van der Waals surface area (Å²) in [6, 6.07) is 14.8. The van der Waals surface area contributed by atoms with Crippen molar-refractivity contribution in [1.82, 2.24) is 29.8 Å². The summed E-state index contributed by atoms with van der Waals surface area (Å²) in [6.07, 6.45) is 6.68. The van der Waals surface area contributed by atoms with Gasteiger partial charge in [0.2, 0.25) is 0 Å². The number of hydrogen-bond acceptors (Lipinski definition) is 7.